The maximum absolute atomic E-state index is 11.1. The minimum atomic E-state index is -1.49. The molecule has 1 aliphatic rings. The van der Waals surface area contributed by atoms with Crippen LogP contribution >= 0.6 is 11.3 Å². The Hall–Kier alpha value is -1.89. The summed E-state index contributed by atoms with van der Waals surface area (Å²) in [6, 6.07) is 0. The van der Waals surface area contributed by atoms with Crippen LogP contribution in [0.3, 0.4) is 0 Å². The molecule has 0 radical (unpaired) electrons. The topological polar surface area (TPSA) is 164 Å². The Morgan fingerprint density at radius 3 is 2.71 bits per heavy atom. The van der Waals surface area contributed by atoms with Gasteiger partial charge in [0.2, 0.25) is 0 Å². The van der Waals surface area contributed by atoms with Gasteiger partial charge in [-0.2, -0.15) is 5.10 Å². The lowest BCUT2D eigenvalue weighted by Gasteiger charge is -2.39. The molecule has 6 N–H and O–H groups in total. The summed E-state index contributed by atoms with van der Waals surface area (Å²) in [7, 11) is 0. The van der Waals surface area contributed by atoms with Gasteiger partial charge in [-0.15, -0.1) is 11.3 Å². The summed E-state index contributed by atoms with van der Waals surface area (Å²) in [6.45, 7) is -0.524. The molecule has 1 fully saturated rings. The third kappa shape index (κ3) is 2.92. The summed E-state index contributed by atoms with van der Waals surface area (Å²) < 4.78 is 6.66. The molecule has 11 heteroatoms. The highest BCUT2D eigenvalue weighted by atomic mass is 32.1. The molecule has 0 bridgehead atoms. The maximum atomic E-state index is 11.1. The molecule has 1 aliphatic heterocycles. The van der Waals surface area contributed by atoms with Crippen LogP contribution in [0.15, 0.2) is 17.8 Å². The number of aromatic nitrogens is 3. The van der Waals surface area contributed by atoms with Crippen LogP contribution in [-0.2, 0) is 4.74 Å². The third-order valence-corrected chi connectivity index (χ3v) is 4.62. The quantitative estimate of drug-likeness (QED) is 0.423. The van der Waals surface area contributed by atoms with Crippen LogP contribution in [-0.4, -0.2) is 72.1 Å². The van der Waals surface area contributed by atoms with Gasteiger partial charge in [0.25, 0.3) is 5.91 Å². The maximum Gasteiger partial charge on any atom is 0.268 e. The van der Waals surface area contributed by atoms with E-state index in [2.05, 4.69) is 10.1 Å². The Bertz CT molecular complexity index is 732. The highest BCUT2D eigenvalue weighted by Gasteiger charge is 2.44. The summed E-state index contributed by atoms with van der Waals surface area (Å²) >= 11 is 1.20. The predicted molar refractivity (Wildman–Crippen MR) is 80.9 cm³/mol. The number of nitrogens with zero attached hydrogens (tertiary/aromatic N) is 3. The first-order chi connectivity index (χ1) is 11.4. The molecule has 130 valence electrons. The highest BCUT2D eigenvalue weighted by molar-refractivity contribution is 7.13. The first kappa shape index (κ1) is 17.0. The van der Waals surface area contributed by atoms with Crippen molar-refractivity contribution in [1.82, 2.24) is 14.8 Å². The van der Waals surface area contributed by atoms with Gasteiger partial charge >= 0.3 is 0 Å². The molecule has 0 aliphatic carbocycles. The van der Waals surface area contributed by atoms with Gasteiger partial charge in [-0.25, -0.2) is 9.67 Å². The molecule has 2 aromatic heterocycles. The molecule has 0 saturated carbocycles. The van der Waals surface area contributed by atoms with Crippen molar-refractivity contribution in [2.45, 2.75) is 30.6 Å². The molecule has 24 heavy (non-hydrogen) atoms. The summed E-state index contributed by atoms with van der Waals surface area (Å²) in [5.74, 6) is -0.640. The van der Waals surface area contributed by atoms with Gasteiger partial charge in [-0.05, 0) is 0 Å². The van der Waals surface area contributed by atoms with Crippen molar-refractivity contribution in [3.8, 4) is 10.6 Å². The zero-order chi connectivity index (χ0) is 17.4. The molecule has 3 heterocycles. The van der Waals surface area contributed by atoms with E-state index in [9.17, 15) is 25.2 Å². The molecule has 2 aromatic rings. The van der Waals surface area contributed by atoms with Gasteiger partial charge in [-0.1, -0.05) is 0 Å². The predicted octanol–water partition coefficient (Wildman–Crippen LogP) is -1.92. The average molecular weight is 356 g/mol. The monoisotopic (exact) mass is 356 g/mol. The first-order valence-corrected chi connectivity index (χ1v) is 7.90. The Balaban J connectivity index is 1.85. The van der Waals surface area contributed by atoms with E-state index >= 15 is 0 Å². The Kier molecular flexibility index (Phi) is 4.62. The number of carbonyl (C=O) groups is 1. The van der Waals surface area contributed by atoms with Gasteiger partial charge in [0.15, 0.2) is 6.23 Å². The number of amides is 1. The molecule has 5 atom stereocenters. The van der Waals surface area contributed by atoms with Crippen LogP contribution in [0.4, 0.5) is 0 Å². The second-order valence-electron chi connectivity index (χ2n) is 5.33. The van der Waals surface area contributed by atoms with E-state index in [0.29, 0.717) is 10.6 Å². The lowest BCUT2D eigenvalue weighted by Crippen LogP contribution is -2.56. The minimum Gasteiger partial charge on any atom is -0.394 e. The normalized spacial score (nSPS) is 30.4. The van der Waals surface area contributed by atoms with E-state index in [1.165, 1.54) is 33.8 Å². The van der Waals surface area contributed by atoms with Crippen molar-refractivity contribution in [3.63, 3.8) is 0 Å². The molecule has 1 amide bonds. The fourth-order valence-electron chi connectivity index (χ4n) is 2.41. The molecule has 0 spiro atoms. The largest absolute Gasteiger partial charge is 0.394 e. The van der Waals surface area contributed by atoms with E-state index in [4.69, 9.17) is 10.5 Å². The fourth-order valence-corrected chi connectivity index (χ4v) is 3.19. The molecule has 0 aromatic carbocycles. The third-order valence-electron chi connectivity index (χ3n) is 3.73. The number of carbonyl (C=O) groups excluding carboxylic acids is 1. The molecule has 1 saturated heterocycles. The smallest absolute Gasteiger partial charge is 0.268 e. The minimum absolute atomic E-state index is 0.135. The van der Waals surface area contributed by atoms with Crippen LogP contribution in [0.5, 0.6) is 0 Å². The number of ether oxygens (including phenoxy) is 1. The number of aliphatic hydroxyl groups excluding tert-OH is 4. The van der Waals surface area contributed by atoms with Crippen LogP contribution in [0, 0.1) is 0 Å². The van der Waals surface area contributed by atoms with Crippen molar-refractivity contribution in [2.75, 3.05) is 6.61 Å². The summed E-state index contributed by atoms with van der Waals surface area (Å²) in [4.78, 5) is 15.2. The number of rotatable bonds is 4. The van der Waals surface area contributed by atoms with E-state index in [1.54, 1.807) is 0 Å². The SMILES string of the molecule is NC(=O)c1csc(-c2cnn([C@H]3O[C@@H](CO)[C@H](O)[C@@H](O)[C@@H]3O)c2)n1. The molecule has 0 unspecified atom stereocenters. The van der Waals surface area contributed by atoms with Crippen molar-refractivity contribution < 1.29 is 30.0 Å². The molecule has 3 rings (SSSR count). The second-order valence-corrected chi connectivity index (χ2v) is 6.19. The van der Waals surface area contributed by atoms with Crippen molar-refractivity contribution in [2.24, 2.45) is 5.73 Å². The van der Waals surface area contributed by atoms with Crippen molar-refractivity contribution in [3.05, 3.63) is 23.5 Å². The van der Waals surface area contributed by atoms with E-state index in [0.717, 1.165) is 0 Å². The van der Waals surface area contributed by atoms with E-state index in [1.807, 2.05) is 0 Å². The van der Waals surface area contributed by atoms with E-state index < -0.39 is 43.2 Å². The van der Waals surface area contributed by atoms with Crippen LogP contribution in [0.1, 0.15) is 16.7 Å². The number of hydrogen-bond acceptors (Lipinski definition) is 9. The summed E-state index contributed by atoms with van der Waals surface area (Å²) in [5.41, 5.74) is 5.86. The number of nitrogens with two attached hydrogens (primary N) is 1. The lowest BCUT2D eigenvalue weighted by molar-refractivity contribution is -0.253. The first-order valence-electron chi connectivity index (χ1n) is 7.02. The second kappa shape index (κ2) is 6.55. The lowest BCUT2D eigenvalue weighted by atomic mass is 9.98. The molecule has 10 nitrogen and oxygen atoms in total. The van der Waals surface area contributed by atoms with Gasteiger partial charge in [0.05, 0.1) is 12.8 Å². The van der Waals surface area contributed by atoms with Gasteiger partial charge < -0.3 is 30.9 Å². The van der Waals surface area contributed by atoms with Crippen LogP contribution in [0.2, 0.25) is 0 Å². The highest BCUT2D eigenvalue weighted by Crippen LogP contribution is 2.30. The zero-order valence-electron chi connectivity index (χ0n) is 12.3. The van der Waals surface area contributed by atoms with Gasteiger partial charge in [-0.3, -0.25) is 4.79 Å². The summed E-state index contributed by atoms with van der Waals surface area (Å²) in [6.07, 6.45) is -3.52. The fraction of sp³-hybridized carbons (Fsp3) is 0.462. The van der Waals surface area contributed by atoms with Crippen molar-refractivity contribution in [1.29, 1.82) is 0 Å². The summed E-state index contributed by atoms with van der Waals surface area (Å²) in [5, 5.41) is 45.0. The van der Waals surface area contributed by atoms with Gasteiger partial charge in [0, 0.05) is 17.1 Å². The number of thiazole rings is 1. The molecular formula is C13H16N4O6S. The Labute approximate surface area is 139 Å². The number of aliphatic hydroxyl groups is 4. The van der Waals surface area contributed by atoms with Crippen molar-refractivity contribution >= 4 is 17.2 Å². The van der Waals surface area contributed by atoms with Gasteiger partial charge in [0.1, 0.15) is 35.1 Å². The Morgan fingerprint density at radius 2 is 2.08 bits per heavy atom. The zero-order valence-corrected chi connectivity index (χ0v) is 13.1. The molecular weight excluding hydrogens is 340 g/mol. The number of primary amides is 1. The van der Waals surface area contributed by atoms with Crippen LogP contribution < -0.4 is 5.73 Å². The average Bonchev–Trinajstić information content (AvgIpc) is 3.22. The van der Waals surface area contributed by atoms with Crippen LogP contribution in [0.25, 0.3) is 10.6 Å². The number of hydrogen-bond donors (Lipinski definition) is 5. The standard InChI is InChI=1S/C13H16N4O6S/c14-11(22)6-4-24-12(16-6)5-1-15-17(2-5)13-10(21)9(20)8(19)7(3-18)23-13/h1-2,4,7-10,13,18-21H,3H2,(H2,14,22)/t7-,8-,9+,10-,13-/m0/s1. The Morgan fingerprint density at radius 1 is 1.33 bits per heavy atom. The van der Waals surface area contributed by atoms with E-state index in [-0.39, 0.29) is 5.69 Å².